The second-order valence-corrected chi connectivity index (χ2v) is 7.52. The summed E-state index contributed by atoms with van der Waals surface area (Å²) in [5.41, 5.74) is 0.986. The van der Waals surface area contributed by atoms with E-state index in [0.717, 1.165) is 64.0 Å². The van der Waals surface area contributed by atoms with Crippen molar-refractivity contribution in [3.63, 3.8) is 0 Å². The van der Waals surface area contributed by atoms with E-state index >= 15 is 0 Å². The van der Waals surface area contributed by atoms with Gasteiger partial charge in [-0.1, -0.05) is 31.2 Å². The molecule has 0 aromatic carbocycles. The highest BCUT2D eigenvalue weighted by Crippen LogP contribution is 2.12. The van der Waals surface area contributed by atoms with Crippen LogP contribution in [0.1, 0.15) is 19.5 Å². The first-order chi connectivity index (χ1) is 13.6. The molecule has 1 fully saturated rings. The van der Waals surface area contributed by atoms with Crippen LogP contribution in [-0.2, 0) is 6.54 Å². The molecule has 1 aromatic rings. The van der Waals surface area contributed by atoms with Gasteiger partial charge in [0, 0.05) is 71.5 Å². The fraction of sp³-hybridized carbons (Fsp3) is 0.619. The number of aliphatic imine (C=N–C) groups is 1. The van der Waals surface area contributed by atoms with E-state index in [1.807, 2.05) is 25.3 Å². The number of hydrogen-bond donors (Lipinski definition) is 1. The third kappa shape index (κ3) is 6.49. The molecule has 0 spiro atoms. The summed E-state index contributed by atoms with van der Waals surface area (Å²) in [6, 6.07) is 2.32. The Morgan fingerprint density at radius 2 is 1.96 bits per heavy atom. The lowest BCUT2D eigenvalue weighted by Gasteiger charge is -2.38. The normalized spacial score (nSPS) is 17.2. The van der Waals surface area contributed by atoms with Gasteiger partial charge in [-0.3, -0.25) is 14.8 Å². The number of guanidine groups is 1. The molecule has 1 aromatic heterocycles. The Kier molecular flexibility index (Phi) is 9.23. The highest BCUT2D eigenvalue weighted by Gasteiger charge is 2.23. The van der Waals surface area contributed by atoms with E-state index in [1.165, 1.54) is 0 Å². The summed E-state index contributed by atoms with van der Waals surface area (Å²) in [7, 11) is 1.86. The number of rotatable bonds is 10. The van der Waals surface area contributed by atoms with Gasteiger partial charge in [0.1, 0.15) is 6.26 Å². The van der Waals surface area contributed by atoms with Crippen LogP contribution in [0, 0.1) is 5.92 Å². The number of hydrogen-bond acceptors (Lipinski definition) is 5. The first-order valence-electron chi connectivity index (χ1n) is 10.1. The monoisotopic (exact) mass is 388 g/mol. The molecule has 7 heteroatoms. The Morgan fingerprint density at radius 3 is 2.46 bits per heavy atom. The number of aromatic nitrogens is 1. The topological polar surface area (TPSA) is 60.1 Å². The van der Waals surface area contributed by atoms with Crippen molar-refractivity contribution in [2.24, 2.45) is 10.9 Å². The van der Waals surface area contributed by atoms with Crippen molar-refractivity contribution in [1.82, 2.24) is 25.2 Å². The molecule has 0 amide bonds. The fourth-order valence-electron chi connectivity index (χ4n) is 3.66. The van der Waals surface area contributed by atoms with Gasteiger partial charge in [0.05, 0.1) is 5.69 Å². The van der Waals surface area contributed by atoms with Gasteiger partial charge in [0.25, 0.3) is 0 Å². The predicted octanol–water partition coefficient (Wildman–Crippen LogP) is 2.07. The van der Waals surface area contributed by atoms with Crippen LogP contribution in [0.2, 0.25) is 0 Å². The smallest absolute Gasteiger partial charge is 0.193 e. The minimum absolute atomic E-state index is 0.390. The standard InChI is InChI=1S/C21H36N6O/c1-6-9-26(10-7-2)20(18(3)4)16-23-21(22-5)27-13-11-25(12-14-27)17-19-8-15-28-24-19/h6-8,15,18,20H,1-2,9-14,16-17H2,3-5H3,(H,22,23). The highest BCUT2D eigenvalue weighted by molar-refractivity contribution is 5.80. The van der Waals surface area contributed by atoms with Crippen LogP contribution in [0.4, 0.5) is 0 Å². The molecule has 0 radical (unpaired) electrons. The molecule has 28 heavy (non-hydrogen) atoms. The van der Waals surface area contributed by atoms with Crippen molar-refractivity contribution in [2.75, 3.05) is 52.9 Å². The van der Waals surface area contributed by atoms with Crippen molar-refractivity contribution in [3.8, 4) is 0 Å². The largest absolute Gasteiger partial charge is 0.364 e. The molecule has 1 aliphatic heterocycles. The van der Waals surface area contributed by atoms with Gasteiger partial charge in [-0.05, 0) is 5.92 Å². The van der Waals surface area contributed by atoms with E-state index in [0.29, 0.717) is 12.0 Å². The van der Waals surface area contributed by atoms with Crippen LogP contribution in [0.15, 0.2) is 47.2 Å². The second-order valence-electron chi connectivity index (χ2n) is 7.52. The highest BCUT2D eigenvalue weighted by atomic mass is 16.5. The van der Waals surface area contributed by atoms with Crippen molar-refractivity contribution in [1.29, 1.82) is 0 Å². The molecule has 1 aliphatic rings. The summed E-state index contributed by atoms with van der Waals surface area (Å²) in [6.07, 6.45) is 5.55. The van der Waals surface area contributed by atoms with Gasteiger partial charge in [0.15, 0.2) is 5.96 Å². The van der Waals surface area contributed by atoms with E-state index in [-0.39, 0.29) is 0 Å². The number of nitrogens with one attached hydrogen (secondary N) is 1. The number of nitrogens with zero attached hydrogens (tertiary/aromatic N) is 5. The Balaban J connectivity index is 1.87. The van der Waals surface area contributed by atoms with E-state index < -0.39 is 0 Å². The van der Waals surface area contributed by atoms with E-state index in [1.54, 1.807) is 6.26 Å². The van der Waals surface area contributed by atoms with Gasteiger partial charge in [-0.15, -0.1) is 13.2 Å². The second kappa shape index (κ2) is 11.7. The molecular weight excluding hydrogens is 352 g/mol. The molecule has 1 saturated heterocycles. The van der Waals surface area contributed by atoms with Crippen LogP contribution in [0.25, 0.3) is 0 Å². The molecule has 1 atom stereocenters. The molecule has 7 nitrogen and oxygen atoms in total. The zero-order chi connectivity index (χ0) is 20.4. The van der Waals surface area contributed by atoms with Crippen molar-refractivity contribution in [3.05, 3.63) is 43.3 Å². The van der Waals surface area contributed by atoms with Crippen LogP contribution >= 0.6 is 0 Å². The van der Waals surface area contributed by atoms with Gasteiger partial charge in [-0.2, -0.15) is 0 Å². The van der Waals surface area contributed by atoms with E-state index in [9.17, 15) is 0 Å². The quantitative estimate of drug-likeness (QED) is 0.376. The first kappa shape index (κ1) is 22.2. The average molecular weight is 389 g/mol. The van der Waals surface area contributed by atoms with Crippen LogP contribution < -0.4 is 5.32 Å². The lowest BCUT2D eigenvalue weighted by molar-refractivity contribution is 0.164. The molecule has 156 valence electrons. The Bertz CT molecular complexity index is 594. The molecule has 0 aliphatic carbocycles. The summed E-state index contributed by atoms with van der Waals surface area (Å²) in [4.78, 5) is 11.7. The molecule has 0 bridgehead atoms. The maximum absolute atomic E-state index is 4.93. The zero-order valence-corrected chi connectivity index (χ0v) is 17.7. The molecule has 2 rings (SSSR count). The fourth-order valence-corrected chi connectivity index (χ4v) is 3.66. The molecule has 1 N–H and O–H groups in total. The van der Waals surface area contributed by atoms with Crippen LogP contribution in [0.5, 0.6) is 0 Å². The number of piperazine rings is 1. The van der Waals surface area contributed by atoms with E-state index in [4.69, 9.17) is 4.52 Å². The first-order valence-corrected chi connectivity index (χ1v) is 10.1. The summed E-state index contributed by atoms with van der Waals surface area (Å²) in [6.45, 7) is 19.6. The van der Waals surface area contributed by atoms with Crippen LogP contribution in [0.3, 0.4) is 0 Å². The Hall–Kier alpha value is -2.12. The SMILES string of the molecule is C=CCN(CC=C)C(CNC(=NC)N1CCN(Cc2ccon2)CC1)C(C)C. The minimum Gasteiger partial charge on any atom is -0.364 e. The van der Waals surface area contributed by atoms with Gasteiger partial charge >= 0.3 is 0 Å². The Morgan fingerprint density at radius 1 is 1.29 bits per heavy atom. The predicted molar refractivity (Wildman–Crippen MR) is 115 cm³/mol. The average Bonchev–Trinajstić information content (AvgIpc) is 3.19. The van der Waals surface area contributed by atoms with Crippen LogP contribution in [-0.4, -0.2) is 84.7 Å². The summed E-state index contributed by atoms with van der Waals surface area (Å²) in [5, 5.41) is 7.61. The van der Waals surface area contributed by atoms with Gasteiger partial charge in [0.2, 0.25) is 0 Å². The Labute approximate surface area is 169 Å². The molecule has 1 unspecified atom stereocenters. The molecule has 2 heterocycles. The van der Waals surface area contributed by atoms with Gasteiger partial charge < -0.3 is 14.7 Å². The zero-order valence-electron chi connectivity index (χ0n) is 17.7. The van der Waals surface area contributed by atoms with E-state index in [2.05, 4.69) is 57.2 Å². The third-order valence-electron chi connectivity index (χ3n) is 5.20. The summed E-state index contributed by atoms with van der Waals surface area (Å²) < 4.78 is 4.93. The lowest BCUT2D eigenvalue weighted by atomic mass is 10.0. The lowest BCUT2D eigenvalue weighted by Crippen LogP contribution is -2.55. The van der Waals surface area contributed by atoms with Crippen molar-refractivity contribution in [2.45, 2.75) is 26.4 Å². The maximum Gasteiger partial charge on any atom is 0.193 e. The van der Waals surface area contributed by atoms with Crippen molar-refractivity contribution < 1.29 is 4.52 Å². The van der Waals surface area contributed by atoms with Crippen molar-refractivity contribution >= 4 is 5.96 Å². The third-order valence-corrected chi connectivity index (χ3v) is 5.20. The summed E-state index contributed by atoms with van der Waals surface area (Å²) >= 11 is 0. The minimum atomic E-state index is 0.390. The molecule has 0 saturated carbocycles. The van der Waals surface area contributed by atoms with Gasteiger partial charge in [-0.25, -0.2) is 0 Å². The summed E-state index contributed by atoms with van der Waals surface area (Å²) in [5.74, 6) is 1.49. The maximum atomic E-state index is 4.93. The molecular formula is C21H36N6O.